The fourth-order valence-electron chi connectivity index (χ4n) is 1.48. The molecule has 3 heteroatoms. The summed E-state index contributed by atoms with van der Waals surface area (Å²) in [6, 6.07) is 7.09. The Morgan fingerprint density at radius 1 is 1.18 bits per heavy atom. The Bertz CT molecular complexity index is 330. The van der Waals surface area contributed by atoms with Crippen LogP contribution in [-0.4, -0.2) is 26.1 Å². The molecule has 0 amide bonds. The topological polar surface area (TPSA) is 35.5 Å². The zero-order valence-corrected chi connectivity index (χ0v) is 10.6. The number of carbonyl (C=O) groups is 1. The second-order valence-corrected chi connectivity index (χ2v) is 3.91. The van der Waals surface area contributed by atoms with Crippen LogP contribution >= 0.6 is 0 Å². The summed E-state index contributed by atoms with van der Waals surface area (Å²) >= 11 is 0. The van der Waals surface area contributed by atoms with Crippen molar-refractivity contribution in [3.8, 4) is 5.75 Å². The minimum Gasteiger partial charge on any atom is -0.497 e. The summed E-state index contributed by atoms with van der Waals surface area (Å²) < 4.78 is 10.4. The van der Waals surface area contributed by atoms with Gasteiger partial charge in [-0.15, -0.1) is 0 Å². The molecule has 1 aromatic rings. The number of carbonyl (C=O) groups excluding carboxylic acids is 1. The molecule has 0 radical (unpaired) electrons. The van der Waals surface area contributed by atoms with Crippen molar-refractivity contribution in [1.29, 1.82) is 0 Å². The molecule has 0 fully saturated rings. The van der Waals surface area contributed by atoms with Gasteiger partial charge in [0.25, 0.3) is 0 Å². The number of methoxy groups -OCH3 is 1. The van der Waals surface area contributed by atoms with E-state index in [4.69, 9.17) is 9.47 Å². The average molecular weight is 236 g/mol. The molecule has 0 spiro atoms. The van der Waals surface area contributed by atoms with Crippen LogP contribution in [0.5, 0.6) is 5.75 Å². The Morgan fingerprint density at radius 3 is 2.47 bits per heavy atom. The Labute approximate surface area is 103 Å². The predicted molar refractivity (Wildman–Crippen MR) is 67.7 cm³/mol. The fourth-order valence-corrected chi connectivity index (χ4v) is 1.48. The summed E-state index contributed by atoms with van der Waals surface area (Å²) in [4.78, 5) is 11.7. The third-order valence-electron chi connectivity index (χ3n) is 2.54. The van der Waals surface area contributed by atoms with E-state index in [2.05, 4.69) is 6.92 Å². The molecule has 0 heterocycles. The maximum atomic E-state index is 11.7. The molecule has 1 aromatic carbocycles. The van der Waals surface area contributed by atoms with Crippen molar-refractivity contribution in [3.63, 3.8) is 0 Å². The zero-order chi connectivity index (χ0) is 12.5. The van der Waals surface area contributed by atoms with Crippen molar-refractivity contribution in [2.75, 3.05) is 20.3 Å². The number of hydrogen-bond acceptors (Lipinski definition) is 3. The van der Waals surface area contributed by atoms with Gasteiger partial charge >= 0.3 is 0 Å². The van der Waals surface area contributed by atoms with Crippen molar-refractivity contribution < 1.29 is 14.3 Å². The predicted octanol–water partition coefficient (Wildman–Crippen LogP) is 3.08. The number of benzene rings is 1. The van der Waals surface area contributed by atoms with Crippen LogP contribution in [0.15, 0.2) is 24.3 Å². The molecule has 17 heavy (non-hydrogen) atoms. The number of Topliss-reactive ketones (excluding diaryl/α,β-unsaturated/α-hetero) is 1. The van der Waals surface area contributed by atoms with Crippen LogP contribution in [0.3, 0.4) is 0 Å². The highest BCUT2D eigenvalue weighted by atomic mass is 16.5. The van der Waals surface area contributed by atoms with E-state index < -0.39 is 0 Å². The van der Waals surface area contributed by atoms with Crippen molar-refractivity contribution in [2.24, 2.45) is 0 Å². The van der Waals surface area contributed by atoms with E-state index in [1.54, 1.807) is 31.4 Å². The Kier molecular flexibility index (Phi) is 6.33. The van der Waals surface area contributed by atoms with Crippen LogP contribution in [0.25, 0.3) is 0 Å². The van der Waals surface area contributed by atoms with Crippen LogP contribution in [0.1, 0.15) is 36.5 Å². The van der Waals surface area contributed by atoms with Gasteiger partial charge in [0.15, 0.2) is 5.78 Å². The standard InChI is InChI=1S/C14H20O3/c1-3-4-5-10-17-11-14(15)12-6-8-13(16-2)9-7-12/h6-9H,3-5,10-11H2,1-2H3. The van der Waals surface area contributed by atoms with Crippen LogP contribution < -0.4 is 4.74 Å². The smallest absolute Gasteiger partial charge is 0.188 e. The third kappa shape index (κ3) is 5.00. The first kappa shape index (κ1) is 13.7. The lowest BCUT2D eigenvalue weighted by molar-refractivity contribution is 0.0753. The minimum absolute atomic E-state index is 0.0177. The van der Waals surface area contributed by atoms with Crippen molar-refractivity contribution >= 4 is 5.78 Å². The number of rotatable bonds is 8. The summed E-state index contributed by atoms with van der Waals surface area (Å²) in [6.45, 7) is 2.97. The number of hydrogen-bond donors (Lipinski definition) is 0. The molecule has 0 aromatic heterocycles. The van der Waals surface area contributed by atoms with Crippen LogP contribution in [0.4, 0.5) is 0 Å². The van der Waals surface area contributed by atoms with Gasteiger partial charge in [0, 0.05) is 12.2 Å². The highest BCUT2D eigenvalue weighted by Crippen LogP contribution is 2.11. The Morgan fingerprint density at radius 2 is 1.88 bits per heavy atom. The lowest BCUT2D eigenvalue weighted by Gasteiger charge is -2.04. The van der Waals surface area contributed by atoms with Gasteiger partial charge in [-0.05, 0) is 30.7 Å². The summed E-state index contributed by atoms with van der Waals surface area (Å²) in [6.07, 6.45) is 3.33. The maximum absolute atomic E-state index is 11.7. The molecule has 0 bridgehead atoms. The summed E-state index contributed by atoms with van der Waals surface area (Å²) in [5.41, 5.74) is 0.668. The molecule has 0 atom stereocenters. The molecule has 1 rings (SSSR count). The van der Waals surface area contributed by atoms with Crippen LogP contribution in [0, 0.1) is 0 Å². The lowest BCUT2D eigenvalue weighted by atomic mass is 10.1. The largest absolute Gasteiger partial charge is 0.497 e. The number of ketones is 1. The van der Waals surface area contributed by atoms with Gasteiger partial charge in [0.05, 0.1) is 7.11 Å². The van der Waals surface area contributed by atoms with E-state index in [1.165, 1.54) is 0 Å². The fraction of sp³-hybridized carbons (Fsp3) is 0.500. The average Bonchev–Trinajstić information content (AvgIpc) is 2.38. The minimum atomic E-state index is 0.0177. The second kappa shape index (κ2) is 7.85. The van der Waals surface area contributed by atoms with Gasteiger partial charge in [-0.1, -0.05) is 19.8 Å². The summed E-state index contributed by atoms with van der Waals surface area (Å²) in [7, 11) is 1.60. The second-order valence-electron chi connectivity index (χ2n) is 3.91. The molecule has 0 aliphatic carbocycles. The number of unbranched alkanes of at least 4 members (excludes halogenated alkanes) is 2. The maximum Gasteiger partial charge on any atom is 0.188 e. The van der Waals surface area contributed by atoms with Gasteiger partial charge in [-0.3, -0.25) is 4.79 Å². The normalized spacial score (nSPS) is 10.2. The Balaban J connectivity index is 2.31. The third-order valence-corrected chi connectivity index (χ3v) is 2.54. The molecule has 3 nitrogen and oxygen atoms in total. The zero-order valence-electron chi connectivity index (χ0n) is 10.6. The monoisotopic (exact) mass is 236 g/mol. The van der Waals surface area contributed by atoms with Gasteiger partial charge in [-0.25, -0.2) is 0 Å². The van der Waals surface area contributed by atoms with E-state index in [1.807, 2.05) is 0 Å². The van der Waals surface area contributed by atoms with Crippen molar-refractivity contribution in [2.45, 2.75) is 26.2 Å². The van der Waals surface area contributed by atoms with E-state index in [0.717, 1.165) is 25.0 Å². The van der Waals surface area contributed by atoms with E-state index in [0.29, 0.717) is 12.2 Å². The van der Waals surface area contributed by atoms with Crippen molar-refractivity contribution in [3.05, 3.63) is 29.8 Å². The first-order valence-corrected chi connectivity index (χ1v) is 6.03. The molecule has 0 aliphatic rings. The number of ether oxygens (including phenoxy) is 2. The molecule has 94 valence electrons. The van der Waals surface area contributed by atoms with E-state index in [-0.39, 0.29) is 12.4 Å². The van der Waals surface area contributed by atoms with Gasteiger partial charge in [0.2, 0.25) is 0 Å². The van der Waals surface area contributed by atoms with Crippen molar-refractivity contribution in [1.82, 2.24) is 0 Å². The van der Waals surface area contributed by atoms with Crippen LogP contribution in [-0.2, 0) is 4.74 Å². The quantitative estimate of drug-likeness (QED) is 0.514. The Hall–Kier alpha value is -1.35. The SMILES string of the molecule is CCCCCOCC(=O)c1ccc(OC)cc1. The molecule has 0 aliphatic heterocycles. The summed E-state index contributed by atoms with van der Waals surface area (Å²) in [5, 5.41) is 0. The first-order chi connectivity index (χ1) is 8.27. The molecular formula is C14H20O3. The first-order valence-electron chi connectivity index (χ1n) is 6.03. The van der Waals surface area contributed by atoms with Gasteiger partial charge in [0.1, 0.15) is 12.4 Å². The van der Waals surface area contributed by atoms with Gasteiger partial charge in [-0.2, -0.15) is 0 Å². The molecular weight excluding hydrogens is 216 g/mol. The molecule has 0 saturated heterocycles. The van der Waals surface area contributed by atoms with E-state index in [9.17, 15) is 4.79 Å². The molecule has 0 saturated carbocycles. The summed E-state index contributed by atoms with van der Waals surface area (Å²) in [5.74, 6) is 0.773. The molecule has 0 unspecified atom stereocenters. The van der Waals surface area contributed by atoms with E-state index >= 15 is 0 Å². The van der Waals surface area contributed by atoms with Gasteiger partial charge < -0.3 is 9.47 Å². The lowest BCUT2D eigenvalue weighted by Crippen LogP contribution is -2.09. The highest BCUT2D eigenvalue weighted by Gasteiger charge is 2.05. The van der Waals surface area contributed by atoms with Crippen LogP contribution in [0.2, 0.25) is 0 Å². The highest BCUT2D eigenvalue weighted by molar-refractivity contribution is 5.97. The molecule has 0 N–H and O–H groups in total.